The Bertz CT molecular complexity index is 1260. The van der Waals surface area contributed by atoms with E-state index in [9.17, 15) is 24.3 Å². The Morgan fingerprint density at radius 3 is 2.62 bits per heavy atom. The summed E-state index contributed by atoms with van der Waals surface area (Å²) >= 11 is 0. The molecule has 0 saturated heterocycles. The third kappa shape index (κ3) is 5.70. The maximum Gasteiger partial charge on any atom is 0.336 e. The van der Waals surface area contributed by atoms with Crippen molar-refractivity contribution >= 4 is 28.6 Å². The molecule has 0 radical (unpaired) electrons. The first-order chi connectivity index (χ1) is 16.0. The Labute approximate surface area is 195 Å². The molecule has 3 rings (SSSR count). The Hall–Kier alpha value is -3.92. The molecule has 2 heterocycles. The van der Waals surface area contributed by atoms with Gasteiger partial charge in [-0.2, -0.15) is 0 Å². The molecule has 0 bridgehead atoms. The standard InChI is InChI=1S/C24H26N2O8/c1-13(8-9-32-15-6-4-14-5-7-20(28)33-18(14)10-15)21-16(22(29)24(2,3)34-21)12-26-17(23(30)31)11-19(25)27/h4-8,10,17,26H,9,11-12H2,1-3H3,(H2,25,27)(H,30,31)/t17-/m0/s1. The highest BCUT2D eigenvalue weighted by Gasteiger charge is 2.42. The van der Waals surface area contributed by atoms with Crippen molar-refractivity contribution in [2.75, 3.05) is 13.2 Å². The molecule has 0 fully saturated rings. The molecule has 10 nitrogen and oxygen atoms in total. The van der Waals surface area contributed by atoms with E-state index < -0.39 is 35.6 Å². The second kappa shape index (κ2) is 9.92. The fourth-order valence-corrected chi connectivity index (χ4v) is 3.47. The van der Waals surface area contributed by atoms with Crippen LogP contribution in [0.1, 0.15) is 27.2 Å². The molecule has 0 spiro atoms. The number of carboxylic acid groups (broad SMARTS) is 1. The van der Waals surface area contributed by atoms with Crippen molar-refractivity contribution in [1.82, 2.24) is 5.32 Å². The lowest BCUT2D eigenvalue weighted by Gasteiger charge is -2.18. The van der Waals surface area contributed by atoms with Crippen molar-refractivity contribution < 1.29 is 33.4 Å². The molecule has 2 aromatic rings. The van der Waals surface area contributed by atoms with Crippen LogP contribution in [-0.4, -0.2) is 47.6 Å². The van der Waals surface area contributed by atoms with Crippen LogP contribution in [0.25, 0.3) is 11.0 Å². The van der Waals surface area contributed by atoms with Crippen LogP contribution in [-0.2, 0) is 19.1 Å². The van der Waals surface area contributed by atoms with Gasteiger partial charge in [-0.1, -0.05) is 0 Å². The Morgan fingerprint density at radius 2 is 1.94 bits per heavy atom. The van der Waals surface area contributed by atoms with Crippen LogP contribution >= 0.6 is 0 Å². The molecule has 34 heavy (non-hydrogen) atoms. The SMILES string of the molecule is CC(=CCOc1ccc2ccc(=O)oc2c1)C1=C(CN[C@@H](CC(N)=O)C(=O)O)C(=O)C(C)(C)O1. The van der Waals surface area contributed by atoms with E-state index in [1.165, 1.54) is 6.07 Å². The van der Waals surface area contributed by atoms with Crippen molar-refractivity contribution in [3.8, 4) is 5.75 Å². The van der Waals surface area contributed by atoms with Gasteiger partial charge < -0.3 is 24.7 Å². The van der Waals surface area contributed by atoms with Gasteiger partial charge in [0.2, 0.25) is 11.7 Å². The van der Waals surface area contributed by atoms with E-state index >= 15 is 0 Å². The van der Waals surface area contributed by atoms with Crippen molar-refractivity contribution in [2.24, 2.45) is 5.73 Å². The minimum atomic E-state index is -1.25. The highest BCUT2D eigenvalue weighted by Crippen LogP contribution is 2.34. The number of rotatable bonds is 10. The maximum absolute atomic E-state index is 12.8. The topological polar surface area (TPSA) is 158 Å². The minimum Gasteiger partial charge on any atom is -0.489 e. The molecule has 4 N–H and O–H groups in total. The zero-order valence-electron chi connectivity index (χ0n) is 19.0. The largest absolute Gasteiger partial charge is 0.489 e. The van der Waals surface area contributed by atoms with Gasteiger partial charge in [-0.05, 0) is 50.6 Å². The monoisotopic (exact) mass is 470 g/mol. The number of carbonyl (C=O) groups is 3. The van der Waals surface area contributed by atoms with E-state index in [4.69, 9.17) is 19.6 Å². The number of hydrogen-bond donors (Lipinski definition) is 3. The molecule has 0 aliphatic carbocycles. The van der Waals surface area contributed by atoms with Gasteiger partial charge in [0.25, 0.3) is 0 Å². The van der Waals surface area contributed by atoms with E-state index in [1.807, 2.05) is 0 Å². The first kappa shape index (κ1) is 24.7. The summed E-state index contributed by atoms with van der Waals surface area (Å²) in [6.45, 7) is 5.00. The Morgan fingerprint density at radius 1 is 1.24 bits per heavy atom. The van der Waals surface area contributed by atoms with Crippen molar-refractivity contribution in [3.05, 3.63) is 63.7 Å². The van der Waals surface area contributed by atoms with E-state index in [-0.39, 0.29) is 24.5 Å². The highest BCUT2D eigenvalue weighted by atomic mass is 16.5. The van der Waals surface area contributed by atoms with Gasteiger partial charge in [0.15, 0.2) is 5.60 Å². The first-order valence-electron chi connectivity index (χ1n) is 10.5. The zero-order valence-corrected chi connectivity index (χ0v) is 19.0. The summed E-state index contributed by atoms with van der Waals surface area (Å²) in [5.41, 5.74) is 4.81. The van der Waals surface area contributed by atoms with Crippen LogP contribution < -0.4 is 21.4 Å². The molecule has 180 valence electrons. The average Bonchev–Trinajstić information content (AvgIpc) is 2.99. The molecule has 1 amide bonds. The number of benzene rings is 1. The van der Waals surface area contributed by atoms with Gasteiger partial charge in [-0.15, -0.1) is 0 Å². The molecule has 0 saturated carbocycles. The quantitative estimate of drug-likeness (QED) is 0.439. The fraction of sp³-hybridized carbons (Fsp3) is 0.333. The Kier molecular flexibility index (Phi) is 7.21. The summed E-state index contributed by atoms with van der Waals surface area (Å²) in [5, 5.41) is 12.7. The maximum atomic E-state index is 12.8. The molecular weight excluding hydrogens is 444 g/mol. The lowest BCUT2D eigenvalue weighted by molar-refractivity contribution is -0.141. The number of primary amides is 1. The third-order valence-corrected chi connectivity index (χ3v) is 5.27. The van der Waals surface area contributed by atoms with Gasteiger partial charge in [0.1, 0.15) is 29.7 Å². The predicted octanol–water partition coefficient (Wildman–Crippen LogP) is 1.67. The van der Waals surface area contributed by atoms with Crippen molar-refractivity contribution in [3.63, 3.8) is 0 Å². The number of hydrogen-bond acceptors (Lipinski definition) is 8. The van der Waals surface area contributed by atoms with E-state index in [0.29, 0.717) is 22.7 Å². The average molecular weight is 470 g/mol. The number of nitrogens with one attached hydrogen (secondary N) is 1. The summed E-state index contributed by atoms with van der Waals surface area (Å²) in [4.78, 5) is 46.8. The zero-order chi connectivity index (χ0) is 25.0. The second-order valence-electron chi connectivity index (χ2n) is 8.34. The molecular formula is C24H26N2O8. The molecule has 10 heteroatoms. The second-order valence-corrected chi connectivity index (χ2v) is 8.34. The summed E-state index contributed by atoms with van der Waals surface area (Å²) < 4.78 is 16.7. The predicted molar refractivity (Wildman–Crippen MR) is 122 cm³/mol. The molecule has 0 unspecified atom stereocenters. The molecule has 1 atom stereocenters. The fourth-order valence-electron chi connectivity index (χ4n) is 3.47. The summed E-state index contributed by atoms with van der Waals surface area (Å²) in [7, 11) is 0. The molecule has 1 aromatic carbocycles. The number of Topliss-reactive ketones (excluding diaryl/α,β-unsaturated/α-hetero) is 1. The Balaban J connectivity index is 1.76. The van der Waals surface area contributed by atoms with Gasteiger partial charge >= 0.3 is 11.6 Å². The lowest BCUT2D eigenvalue weighted by Crippen LogP contribution is -2.42. The van der Waals surface area contributed by atoms with Gasteiger partial charge in [-0.3, -0.25) is 19.7 Å². The third-order valence-electron chi connectivity index (χ3n) is 5.27. The number of amides is 1. The number of ether oxygens (including phenoxy) is 2. The minimum absolute atomic E-state index is 0.114. The number of carboxylic acids is 1. The highest BCUT2D eigenvalue weighted by molar-refractivity contribution is 6.05. The van der Waals surface area contributed by atoms with Gasteiger partial charge in [-0.25, -0.2) is 4.79 Å². The summed E-state index contributed by atoms with van der Waals surface area (Å²) in [6.07, 6.45) is 1.30. The van der Waals surface area contributed by atoms with Crippen LogP contribution in [0, 0.1) is 0 Å². The van der Waals surface area contributed by atoms with Crippen LogP contribution in [0.2, 0.25) is 0 Å². The molecule has 1 aliphatic heterocycles. The van der Waals surface area contributed by atoms with Crippen molar-refractivity contribution in [2.45, 2.75) is 38.8 Å². The number of nitrogens with two attached hydrogens (primary N) is 1. The number of aliphatic carboxylic acids is 1. The number of carbonyl (C=O) groups excluding carboxylic acids is 2. The van der Waals surface area contributed by atoms with Crippen LogP contribution in [0.4, 0.5) is 0 Å². The van der Waals surface area contributed by atoms with Crippen LogP contribution in [0.3, 0.4) is 0 Å². The smallest absolute Gasteiger partial charge is 0.336 e. The van der Waals surface area contributed by atoms with E-state index in [0.717, 1.165) is 5.39 Å². The summed E-state index contributed by atoms with van der Waals surface area (Å²) in [5.74, 6) is -1.51. The van der Waals surface area contributed by atoms with Crippen LogP contribution in [0.5, 0.6) is 5.75 Å². The van der Waals surface area contributed by atoms with Gasteiger partial charge in [0, 0.05) is 24.1 Å². The molecule has 1 aliphatic rings. The van der Waals surface area contributed by atoms with Crippen molar-refractivity contribution in [1.29, 1.82) is 0 Å². The first-order valence-corrected chi connectivity index (χ1v) is 10.5. The van der Waals surface area contributed by atoms with Crippen LogP contribution in [0.15, 0.2) is 62.5 Å². The summed E-state index contributed by atoms with van der Waals surface area (Å²) in [6, 6.07) is 6.88. The number of allylic oxidation sites excluding steroid dienone is 1. The van der Waals surface area contributed by atoms with E-state index in [1.54, 1.807) is 51.1 Å². The number of fused-ring (bicyclic) bond motifs is 1. The normalized spacial score (nSPS) is 16.4. The van der Waals surface area contributed by atoms with Gasteiger partial charge in [0.05, 0.1) is 12.0 Å². The molecule has 1 aromatic heterocycles. The van der Waals surface area contributed by atoms with E-state index in [2.05, 4.69) is 5.32 Å². The lowest BCUT2D eigenvalue weighted by atomic mass is 9.97. The number of ketones is 1.